The Morgan fingerprint density at radius 3 is 2.48 bits per heavy atom. The van der Waals surface area contributed by atoms with Crippen LogP contribution in [0.3, 0.4) is 0 Å². The Bertz CT molecular complexity index is 780. The number of carbonyl (C=O) groups excluding carboxylic acids is 1. The molecule has 1 aromatic heterocycles. The Balaban J connectivity index is 0.000000383. The number of nitrogens with zero attached hydrogens (tertiary/aromatic N) is 2. The number of aromatic nitrogens is 1. The molecule has 3 aliphatic heterocycles. The molecule has 0 bridgehead atoms. The minimum atomic E-state index is -5.08. The summed E-state index contributed by atoms with van der Waals surface area (Å²) < 4.78 is 48.9. The Morgan fingerprint density at radius 1 is 1.18 bits per heavy atom. The van der Waals surface area contributed by atoms with Gasteiger partial charge in [-0.05, 0) is 44.1 Å². The summed E-state index contributed by atoms with van der Waals surface area (Å²) in [6.07, 6.45) is 1.48. The second-order valence-corrected chi connectivity index (χ2v) is 8.58. The lowest BCUT2D eigenvalue weighted by Gasteiger charge is -2.54. The number of alkyl halides is 3. The van der Waals surface area contributed by atoms with Gasteiger partial charge in [0.25, 0.3) is 0 Å². The number of halogens is 3. The zero-order valence-electron chi connectivity index (χ0n) is 18.3. The molecule has 0 saturated carbocycles. The van der Waals surface area contributed by atoms with Crippen molar-refractivity contribution in [2.24, 2.45) is 11.8 Å². The first kappa shape index (κ1) is 25.2. The van der Waals surface area contributed by atoms with E-state index in [1.807, 2.05) is 23.1 Å². The van der Waals surface area contributed by atoms with Crippen molar-refractivity contribution in [3.05, 3.63) is 24.4 Å². The third kappa shape index (κ3) is 7.29. The van der Waals surface area contributed by atoms with Crippen molar-refractivity contribution in [3.8, 4) is 5.88 Å². The van der Waals surface area contributed by atoms with Gasteiger partial charge in [-0.1, -0.05) is 6.07 Å². The Hall–Kier alpha value is -2.40. The first-order valence-electron chi connectivity index (χ1n) is 11.0. The van der Waals surface area contributed by atoms with Gasteiger partial charge in [-0.2, -0.15) is 13.2 Å². The fourth-order valence-corrected chi connectivity index (χ4v) is 4.37. The number of carboxylic acid groups (broad SMARTS) is 1. The summed E-state index contributed by atoms with van der Waals surface area (Å²) in [5.41, 5.74) is -0.116. The highest BCUT2D eigenvalue weighted by Gasteiger charge is 2.50. The number of hydrogen-bond donors (Lipinski definition) is 1. The smallest absolute Gasteiger partial charge is 0.478 e. The predicted molar refractivity (Wildman–Crippen MR) is 110 cm³/mol. The molecule has 0 aliphatic carbocycles. The van der Waals surface area contributed by atoms with Crippen LogP contribution in [0.5, 0.6) is 5.88 Å². The van der Waals surface area contributed by atoms with Crippen molar-refractivity contribution >= 4 is 11.9 Å². The lowest BCUT2D eigenvalue weighted by atomic mass is 9.78. The lowest BCUT2D eigenvalue weighted by molar-refractivity contribution is -0.193. The van der Waals surface area contributed by atoms with Crippen LogP contribution >= 0.6 is 0 Å². The zero-order valence-corrected chi connectivity index (χ0v) is 18.3. The van der Waals surface area contributed by atoms with Gasteiger partial charge >= 0.3 is 12.1 Å². The minimum absolute atomic E-state index is 0.116. The maximum Gasteiger partial charge on any atom is 0.490 e. The molecule has 1 N–H and O–H groups in total. The SMILES string of the molecule is O=C(C1CCOCC1)N1CC2(CC(CCOc3ccccn3)CCO2)C1.O=C(O)C(F)(F)F. The van der Waals surface area contributed by atoms with E-state index >= 15 is 0 Å². The summed E-state index contributed by atoms with van der Waals surface area (Å²) in [6.45, 7) is 4.39. The van der Waals surface area contributed by atoms with E-state index in [9.17, 15) is 18.0 Å². The Morgan fingerprint density at radius 2 is 1.88 bits per heavy atom. The van der Waals surface area contributed by atoms with Crippen LogP contribution in [0.15, 0.2) is 24.4 Å². The third-order valence-electron chi connectivity index (χ3n) is 6.09. The molecular weight excluding hydrogens is 445 g/mol. The molecule has 8 nitrogen and oxygen atoms in total. The average molecular weight is 474 g/mol. The highest BCUT2D eigenvalue weighted by molar-refractivity contribution is 5.80. The molecule has 4 heterocycles. The van der Waals surface area contributed by atoms with Gasteiger partial charge in [0.05, 0.1) is 19.7 Å². The molecule has 184 valence electrons. The van der Waals surface area contributed by atoms with Crippen LogP contribution in [-0.4, -0.2) is 78.2 Å². The van der Waals surface area contributed by atoms with Gasteiger partial charge in [-0.15, -0.1) is 0 Å². The number of ether oxygens (including phenoxy) is 3. The van der Waals surface area contributed by atoms with E-state index in [4.69, 9.17) is 24.1 Å². The highest BCUT2D eigenvalue weighted by Crippen LogP contribution is 2.39. The van der Waals surface area contributed by atoms with Crippen LogP contribution in [0.2, 0.25) is 0 Å². The summed E-state index contributed by atoms with van der Waals surface area (Å²) in [6, 6.07) is 5.71. The summed E-state index contributed by atoms with van der Waals surface area (Å²) in [4.78, 5) is 27.7. The molecule has 33 heavy (non-hydrogen) atoms. The summed E-state index contributed by atoms with van der Waals surface area (Å²) >= 11 is 0. The molecule has 1 aromatic rings. The van der Waals surface area contributed by atoms with Gasteiger partial charge < -0.3 is 24.2 Å². The quantitative estimate of drug-likeness (QED) is 0.701. The number of rotatable bonds is 5. The molecule has 0 radical (unpaired) electrons. The summed E-state index contributed by atoms with van der Waals surface area (Å²) in [7, 11) is 0. The van der Waals surface area contributed by atoms with Gasteiger partial charge in [0.1, 0.15) is 5.60 Å². The third-order valence-corrected chi connectivity index (χ3v) is 6.09. The normalized spacial score (nSPS) is 22.6. The molecule has 11 heteroatoms. The van der Waals surface area contributed by atoms with E-state index in [2.05, 4.69) is 4.98 Å². The first-order chi connectivity index (χ1) is 15.7. The van der Waals surface area contributed by atoms with Gasteiger partial charge in [-0.25, -0.2) is 9.78 Å². The molecule has 0 aromatic carbocycles. The first-order valence-corrected chi connectivity index (χ1v) is 11.0. The Kier molecular flexibility index (Phi) is 8.52. The van der Waals surface area contributed by atoms with Crippen molar-refractivity contribution in [2.45, 2.75) is 43.9 Å². The van der Waals surface area contributed by atoms with Crippen LogP contribution in [0.1, 0.15) is 32.1 Å². The highest BCUT2D eigenvalue weighted by atomic mass is 19.4. The number of carbonyl (C=O) groups is 2. The average Bonchev–Trinajstić information content (AvgIpc) is 2.78. The molecule has 3 saturated heterocycles. The van der Waals surface area contributed by atoms with E-state index < -0.39 is 12.1 Å². The summed E-state index contributed by atoms with van der Waals surface area (Å²) in [5, 5.41) is 7.12. The van der Waals surface area contributed by atoms with Crippen LogP contribution < -0.4 is 4.74 Å². The van der Waals surface area contributed by atoms with E-state index in [0.29, 0.717) is 37.5 Å². The molecule has 4 rings (SSSR count). The van der Waals surface area contributed by atoms with Gasteiger partial charge in [-0.3, -0.25) is 4.79 Å². The van der Waals surface area contributed by atoms with E-state index in [1.165, 1.54) is 0 Å². The topological polar surface area (TPSA) is 98.2 Å². The van der Waals surface area contributed by atoms with Crippen molar-refractivity contribution in [1.29, 1.82) is 0 Å². The number of pyridine rings is 1. The van der Waals surface area contributed by atoms with Crippen LogP contribution in [-0.2, 0) is 19.1 Å². The second-order valence-electron chi connectivity index (χ2n) is 8.58. The molecule has 3 fully saturated rings. The van der Waals surface area contributed by atoms with Crippen molar-refractivity contribution < 1.29 is 42.1 Å². The molecule has 1 atom stereocenters. The van der Waals surface area contributed by atoms with E-state index in [-0.39, 0.29) is 11.5 Å². The monoisotopic (exact) mass is 474 g/mol. The minimum Gasteiger partial charge on any atom is -0.478 e. The molecule has 1 spiro atoms. The largest absolute Gasteiger partial charge is 0.490 e. The van der Waals surface area contributed by atoms with Crippen molar-refractivity contribution in [1.82, 2.24) is 9.88 Å². The fourth-order valence-electron chi connectivity index (χ4n) is 4.37. The van der Waals surface area contributed by atoms with Gasteiger partial charge in [0, 0.05) is 38.0 Å². The fraction of sp³-hybridized carbons (Fsp3) is 0.682. The van der Waals surface area contributed by atoms with Crippen LogP contribution in [0.25, 0.3) is 0 Å². The number of aliphatic carboxylic acids is 1. The number of carboxylic acids is 1. The number of hydrogen-bond acceptors (Lipinski definition) is 6. The molecular formula is C22H29F3N2O6. The lowest BCUT2D eigenvalue weighted by Crippen LogP contribution is -2.67. The molecule has 3 aliphatic rings. The molecule has 1 unspecified atom stereocenters. The summed E-state index contributed by atoms with van der Waals surface area (Å²) in [5.74, 6) is -1.04. The molecule has 1 amide bonds. The van der Waals surface area contributed by atoms with Gasteiger partial charge in [0.15, 0.2) is 0 Å². The van der Waals surface area contributed by atoms with E-state index in [0.717, 1.165) is 51.8 Å². The second kappa shape index (κ2) is 11.1. The predicted octanol–water partition coefficient (Wildman–Crippen LogP) is 2.92. The van der Waals surface area contributed by atoms with Gasteiger partial charge in [0.2, 0.25) is 11.8 Å². The van der Waals surface area contributed by atoms with Crippen LogP contribution in [0, 0.1) is 11.8 Å². The van der Waals surface area contributed by atoms with Crippen molar-refractivity contribution in [3.63, 3.8) is 0 Å². The zero-order chi connectivity index (χ0) is 23.9. The maximum absolute atomic E-state index is 12.6. The number of amides is 1. The van der Waals surface area contributed by atoms with E-state index in [1.54, 1.807) is 6.20 Å². The van der Waals surface area contributed by atoms with Crippen molar-refractivity contribution in [2.75, 3.05) is 39.5 Å². The standard InChI is InChI=1S/C20H28N2O4.C2HF3O2/c23-19(17-6-9-24-10-7-17)22-14-20(15-22)13-16(5-12-26-20)4-11-25-18-3-1-2-8-21-18;3-2(4,5)1(6)7/h1-3,8,16-17H,4-7,9-15H2;(H,6,7). The van der Waals surface area contributed by atoms with Crippen LogP contribution in [0.4, 0.5) is 13.2 Å². The maximum atomic E-state index is 12.6. The number of likely N-dealkylation sites (tertiary alicyclic amines) is 1. The Labute approximate surface area is 190 Å².